The van der Waals surface area contributed by atoms with Crippen LogP contribution in [-0.2, 0) is 5.41 Å². The van der Waals surface area contributed by atoms with E-state index in [-0.39, 0.29) is 5.41 Å². The van der Waals surface area contributed by atoms with E-state index in [0.717, 1.165) is 6.42 Å². The lowest BCUT2D eigenvalue weighted by molar-refractivity contribution is 0.0697. The summed E-state index contributed by atoms with van der Waals surface area (Å²) in [6.45, 7) is 6.73. The highest BCUT2D eigenvalue weighted by Crippen LogP contribution is 2.40. The second-order valence-corrected chi connectivity index (χ2v) is 6.13. The van der Waals surface area contributed by atoms with Crippen LogP contribution in [0.3, 0.4) is 0 Å². The molecule has 1 N–H and O–H groups in total. The molecule has 0 amide bonds. The van der Waals surface area contributed by atoms with Crippen LogP contribution < -0.4 is 0 Å². The zero-order chi connectivity index (χ0) is 14.0. The number of benzene rings is 1. The van der Waals surface area contributed by atoms with Crippen LogP contribution in [0.25, 0.3) is 0 Å². The summed E-state index contributed by atoms with van der Waals surface area (Å²) in [6, 6.07) is 7.36. The topological polar surface area (TPSA) is 37.3 Å². The second-order valence-electron chi connectivity index (χ2n) is 6.13. The summed E-state index contributed by atoms with van der Waals surface area (Å²) in [5, 5.41) is 8.95. The summed E-state index contributed by atoms with van der Waals surface area (Å²) in [7, 11) is 0. The Morgan fingerprint density at radius 2 is 1.89 bits per heavy atom. The molecule has 2 heteroatoms. The van der Waals surface area contributed by atoms with E-state index in [1.807, 2.05) is 12.1 Å². The molecule has 1 aromatic rings. The molecule has 2 rings (SSSR count). The first-order chi connectivity index (χ1) is 8.91. The van der Waals surface area contributed by atoms with Crippen molar-refractivity contribution in [3.8, 4) is 0 Å². The molecule has 0 heterocycles. The maximum atomic E-state index is 10.9. The van der Waals surface area contributed by atoms with E-state index >= 15 is 0 Å². The van der Waals surface area contributed by atoms with Crippen LogP contribution in [0.1, 0.15) is 56.0 Å². The fraction of sp³-hybridized carbons (Fsp3) is 0.471. The fourth-order valence-corrected chi connectivity index (χ4v) is 2.90. The normalized spacial score (nSPS) is 19.9. The highest BCUT2D eigenvalue weighted by molar-refractivity contribution is 5.87. The molecule has 102 valence electrons. The number of carbonyl (C=O) groups is 1. The maximum Gasteiger partial charge on any atom is 0.335 e. The van der Waals surface area contributed by atoms with Crippen LogP contribution in [0.5, 0.6) is 0 Å². The van der Waals surface area contributed by atoms with Gasteiger partial charge in [-0.05, 0) is 55.2 Å². The lowest BCUT2D eigenvalue weighted by Gasteiger charge is -2.37. The molecule has 0 unspecified atom stereocenters. The number of carboxylic acids is 1. The minimum absolute atomic E-state index is 0.0915. The molecular weight excluding hydrogens is 236 g/mol. The molecule has 0 fully saturated rings. The molecule has 0 aromatic heterocycles. The van der Waals surface area contributed by atoms with Crippen molar-refractivity contribution in [2.75, 3.05) is 0 Å². The lowest BCUT2D eigenvalue weighted by Crippen LogP contribution is -2.29. The van der Waals surface area contributed by atoms with E-state index in [2.05, 4.69) is 26.8 Å². The molecule has 0 saturated heterocycles. The zero-order valence-electron chi connectivity index (χ0n) is 11.9. The Bertz CT molecular complexity index is 494. The number of rotatable bonds is 3. The molecule has 0 radical (unpaired) electrons. The van der Waals surface area contributed by atoms with Gasteiger partial charge in [-0.2, -0.15) is 0 Å². The lowest BCUT2D eigenvalue weighted by atomic mass is 9.68. The van der Waals surface area contributed by atoms with Crippen molar-refractivity contribution < 1.29 is 9.90 Å². The van der Waals surface area contributed by atoms with Crippen molar-refractivity contribution in [2.45, 2.75) is 45.4 Å². The van der Waals surface area contributed by atoms with Crippen LogP contribution in [0.15, 0.2) is 35.9 Å². The van der Waals surface area contributed by atoms with E-state index in [9.17, 15) is 4.79 Å². The first-order valence-electron chi connectivity index (χ1n) is 6.90. The third-order valence-corrected chi connectivity index (χ3v) is 4.53. The predicted molar refractivity (Wildman–Crippen MR) is 77.5 cm³/mol. The van der Waals surface area contributed by atoms with Crippen molar-refractivity contribution in [1.29, 1.82) is 0 Å². The summed E-state index contributed by atoms with van der Waals surface area (Å²) >= 11 is 0. The third kappa shape index (κ3) is 2.89. The zero-order valence-corrected chi connectivity index (χ0v) is 11.9. The molecule has 1 atom stereocenters. The summed E-state index contributed by atoms with van der Waals surface area (Å²) in [5.74, 6) is -0.229. The van der Waals surface area contributed by atoms with Gasteiger partial charge in [0, 0.05) is 0 Å². The molecule has 19 heavy (non-hydrogen) atoms. The van der Waals surface area contributed by atoms with E-state index in [1.165, 1.54) is 24.0 Å². The molecule has 1 aliphatic rings. The average molecular weight is 258 g/mol. The van der Waals surface area contributed by atoms with Crippen molar-refractivity contribution in [1.82, 2.24) is 0 Å². The number of allylic oxidation sites excluding steroid dienone is 2. The molecule has 0 aliphatic heterocycles. The van der Waals surface area contributed by atoms with Crippen molar-refractivity contribution in [3.63, 3.8) is 0 Å². The Balaban J connectivity index is 2.21. The van der Waals surface area contributed by atoms with E-state index < -0.39 is 5.97 Å². The monoisotopic (exact) mass is 258 g/mol. The van der Waals surface area contributed by atoms with Gasteiger partial charge in [-0.15, -0.1) is 0 Å². The smallest absolute Gasteiger partial charge is 0.335 e. The number of carboxylic acid groups (broad SMARTS) is 1. The molecule has 2 nitrogen and oxygen atoms in total. The highest BCUT2D eigenvalue weighted by Gasteiger charge is 2.31. The van der Waals surface area contributed by atoms with Gasteiger partial charge in [0.2, 0.25) is 0 Å². The largest absolute Gasteiger partial charge is 0.478 e. The van der Waals surface area contributed by atoms with Crippen LogP contribution in [-0.4, -0.2) is 11.1 Å². The molecule has 1 aliphatic carbocycles. The quantitative estimate of drug-likeness (QED) is 0.815. The van der Waals surface area contributed by atoms with Crippen LogP contribution >= 0.6 is 0 Å². The summed E-state index contributed by atoms with van der Waals surface area (Å²) < 4.78 is 0. The van der Waals surface area contributed by atoms with Crippen molar-refractivity contribution >= 4 is 5.97 Å². The Hall–Kier alpha value is -1.57. The first-order valence-corrected chi connectivity index (χ1v) is 6.90. The minimum Gasteiger partial charge on any atom is -0.478 e. The van der Waals surface area contributed by atoms with Gasteiger partial charge in [-0.25, -0.2) is 4.79 Å². The second kappa shape index (κ2) is 5.20. The standard InChI is InChI=1S/C17H22O2/c1-12-4-8-14(9-5-12)17(2,3)15-10-6-13(7-11-15)16(18)19/h4,6-7,10-11,14H,5,8-9H2,1-3H3,(H,18,19)/t14-/m1/s1. The van der Waals surface area contributed by atoms with Gasteiger partial charge in [-0.3, -0.25) is 0 Å². The molecule has 1 aromatic carbocycles. The summed E-state index contributed by atoms with van der Waals surface area (Å²) in [6.07, 6.45) is 5.87. The number of aromatic carboxylic acids is 1. The predicted octanol–water partition coefficient (Wildman–Crippen LogP) is 4.41. The van der Waals surface area contributed by atoms with E-state index in [4.69, 9.17) is 5.11 Å². The fourth-order valence-electron chi connectivity index (χ4n) is 2.90. The number of hydrogen-bond donors (Lipinski definition) is 1. The van der Waals surface area contributed by atoms with Crippen molar-refractivity contribution in [2.24, 2.45) is 5.92 Å². The summed E-state index contributed by atoms with van der Waals surface area (Å²) in [4.78, 5) is 10.9. The van der Waals surface area contributed by atoms with E-state index in [1.54, 1.807) is 12.1 Å². The van der Waals surface area contributed by atoms with Crippen molar-refractivity contribution in [3.05, 3.63) is 47.0 Å². The Kier molecular flexibility index (Phi) is 3.79. The highest BCUT2D eigenvalue weighted by atomic mass is 16.4. The Morgan fingerprint density at radius 3 is 2.37 bits per heavy atom. The van der Waals surface area contributed by atoms with Gasteiger partial charge in [0.05, 0.1) is 5.56 Å². The van der Waals surface area contributed by atoms with Gasteiger partial charge >= 0.3 is 5.97 Å². The van der Waals surface area contributed by atoms with Gasteiger partial charge in [0.25, 0.3) is 0 Å². The van der Waals surface area contributed by atoms with Gasteiger partial charge in [0.15, 0.2) is 0 Å². The summed E-state index contributed by atoms with van der Waals surface area (Å²) in [5.41, 5.74) is 3.18. The third-order valence-electron chi connectivity index (χ3n) is 4.53. The average Bonchev–Trinajstić information content (AvgIpc) is 2.39. The van der Waals surface area contributed by atoms with Crippen LogP contribution in [0.4, 0.5) is 0 Å². The number of hydrogen-bond acceptors (Lipinski definition) is 1. The van der Waals surface area contributed by atoms with E-state index in [0.29, 0.717) is 11.5 Å². The molecule has 0 bridgehead atoms. The Morgan fingerprint density at radius 1 is 1.26 bits per heavy atom. The molecule has 0 saturated carbocycles. The van der Waals surface area contributed by atoms with Crippen LogP contribution in [0.2, 0.25) is 0 Å². The molecular formula is C17H22O2. The molecule has 0 spiro atoms. The SMILES string of the molecule is CC1=CC[C@@H](C(C)(C)c2ccc(C(=O)O)cc2)CC1. The van der Waals surface area contributed by atoms with Gasteiger partial charge in [-0.1, -0.05) is 37.6 Å². The van der Waals surface area contributed by atoms with Gasteiger partial charge in [0.1, 0.15) is 0 Å². The Labute approximate surface area is 115 Å². The maximum absolute atomic E-state index is 10.9. The minimum atomic E-state index is -0.861. The first kappa shape index (κ1) is 13.9. The van der Waals surface area contributed by atoms with Gasteiger partial charge < -0.3 is 5.11 Å². The van der Waals surface area contributed by atoms with Crippen LogP contribution in [0, 0.1) is 5.92 Å².